The Kier molecular flexibility index (Phi) is 6.69. The molecule has 2 aromatic rings. The smallest absolute Gasteiger partial charge is 0.428 e. The minimum absolute atomic E-state index is 0. The molecule has 0 unspecified atom stereocenters. The summed E-state index contributed by atoms with van der Waals surface area (Å²) in [6, 6.07) is 10.8. The van der Waals surface area contributed by atoms with E-state index < -0.39 is 6.09 Å². The van der Waals surface area contributed by atoms with Crippen LogP contribution in [0.5, 0.6) is 5.75 Å². The molecule has 3 N–H and O–H groups in total. The second-order valence-electron chi connectivity index (χ2n) is 4.62. The van der Waals surface area contributed by atoms with E-state index in [-0.39, 0.29) is 12.0 Å². The molecule has 7 nitrogen and oxygen atoms in total. The van der Waals surface area contributed by atoms with Gasteiger partial charge in [-0.05, 0) is 30.7 Å². The highest BCUT2D eigenvalue weighted by molar-refractivity contribution is 5.98. The molecule has 0 aliphatic rings. The van der Waals surface area contributed by atoms with Gasteiger partial charge in [0.05, 0.1) is 19.4 Å². The number of hydrogen-bond acceptors (Lipinski definition) is 4. The van der Waals surface area contributed by atoms with Gasteiger partial charge in [-0.3, -0.25) is 4.98 Å². The van der Waals surface area contributed by atoms with Crippen molar-refractivity contribution in [2.24, 2.45) is 5.10 Å². The lowest BCUT2D eigenvalue weighted by Crippen LogP contribution is -2.25. The third kappa shape index (κ3) is 5.08. The van der Waals surface area contributed by atoms with Gasteiger partial charge in [0.1, 0.15) is 5.75 Å². The first-order valence-corrected chi connectivity index (χ1v) is 6.69. The summed E-state index contributed by atoms with van der Waals surface area (Å²) in [4.78, 5) is 15.4. The van der Waals surface area contributed by atoms with Crippen LogP contribution in [0, 0.1) is 0 Å². The van der Waals surface area contributed by atoms with Crippen molar-refractivity contribution in [3.63, 3.8) is 0 Å². The van der Waals surface area contributed by atoms with Crippen LogP contribution in [-0.2, 0) is 6.54 Å². The van der Waals surface area contributed by atoms with Gasteiger partial charge in [0.25, 0.3) is 0 Å². The molecule has 0 saturated heterocycles. The maximum atomic E-state index is 11.4. The van der Waals surface area contributed by atoms with E-state index in [1.807, 2.05) is 18.2 Å². The molecule has 1 amide bonds. The van der Waals surface area contributed by atoms with Gasteiger partial charge in [0.2, 0.25) is 0 Å². The number of amides is 1. The lowest BCUT2D eigenvalue weighted by atomic mass is 10.2. The number of aromatic nitrogens is 1. The number of pyridine rings is 1. The van der Waals surface area contributed by atoms with Crippen LogP contribution in [0.2, 0.25) is 0 Å². The number of methoxy groups -OCH3 is 1. The third-order valence-electron chi connectivity index (χ3n) is 3.06. The van der Waals surface area contributed by atoms with E-state index >= 15 is 0 Å². The number of carboxylic acid groups (broad SMARTS) is 1. The quantitative estimate of drug-likeness (QED) is 0.673. The van der Waals surface area contributed by atoms with Crippen molar-refractivity contribution < 1.29 is 20.1 Å². The highest BCUT2D eigenvalue weighted by Gasteiger charge is 2.12. The monoisotopic (exact) mass is 317 g/mol. The highest BCUT2D eigenvalue weighted by atomic mass is 16.5. The Morgan fingerprint density at radius 3 is 2.52 bits per heavy atom. The topological polar surface area (TPSA) is 107 Å². The standard InChI is InChI=1S/C16H17N3O3.H2O/c1-12(14-4-3-9-17-10-14)18-19(16(20)21)11-13-5-7-15(22-2)8-6-13;/h3-10H,11H2,1-2H3,(H,20,21);1H2. The molecular weight excluding hydrogens is 298 g/mol. The summed E-state index contributed by atoms with van der Waals surface area (Å²) in [5.74, 6) is 0.723. The molecule has 122 valence electrons. The number of rotatable bonds is 5. The van der Waals surface area contributed by atoms with Gasteiger partial charge in [-0.15, -0.1) is 0 Å². The van der Waals surface area contributed by atoms with Gasteiger partial charge in [0.15, 0.2) is 0 Å². The molecule has 0 bridgehead atoms. The van der Waals surface area contributed by atoms with E-state index in [4.69, 9.17) is 4.74 Å². The summed E-state index contributed by atoms with van der Waals surface area (Å²) in [6.07, 6.45) is 2.19. The van der Waals surface area contributed by atoms with Crippen molar-refractivity contribution in [3.05, 3.63) is 59.9 Å². The van der Waals surface area contributed by atoms with Gasteiger partial charge in [0, 0.05) is 18.0 Å². The Bertz CT molecular complexity index is 657. The van der Waals surface area contributed by atoms with Crippen LogP contribution in [-0.4, -0.2) is 39.5 Å². The van der Waals surface area contributed by atoms with Crippen LogP contribution in [0.15, 0.2) is 53.9 Å². The Balaban J connectivity index is 0.00000264. The predicted molar refractivity (Wildman–Crippen MR) is 86.6 cm³/mol. The van der Waals surface area contributed by atoms with Crippen molar-refractivity contribution >= 4 is 11.8 Å². The number of nitrogens with zero attached hydrogens (tertiary/aromatic N) is 3. The van der Waals surface area contributed by atoms with Crippen LogP contribution >= 0.6 is 0 Å². The molecule has 0 spiro atoms. The predicted octanol–water partition coefficient (Wildman–Crippen LogP) is 2.17. The van der Waals surface area contributed by atoms with E-state index in [1.54, 1.807) is 44.6 Å². The second-order valence-corrected chi connectivity index (χ2v) is 4.62. The van der Waals surface area contributed by atoms with Crippen molar-refractivity contribution in [3.8, 4) is 5.75 Å². The maximum Gasteiger partial charge on any atom is 0.428 e. The van der Waals surface area contributed by atoms with Crippen molar-refractivity contribution in [2.75, 3.05) is 7.11 Å². The molecular formula is C16H19N3O4. The van der Waals surface area contributed by atoms with Crippen LogP contribution in [0.4, 0.5) is 4.79 Å². The van der Waals surface area contributed by atoms with E-state index in [1.165, 1.54) is 0 Å². The number of carbonyl (C=O) groups is 1. The first kappa shape index (κ1) is 18.1. The molecule has 0 saturated carbocycles. The molecule has 0 aliphatic heterocycles. The maximum absolute atomic E-state index is 11.4. The van der Waals surface area contributed by atoms with Crippen molar-refractivity contribution in [1.82, 2.24) is 9.99 Å². The SMILES string of the molecule is COc1ccc(CN(N=C(C)c2cccnc2)C(=O)O)cc1.O. The molecule has 2 rings (SSSR count). The number of hydrogen-bond donors (Lipinski definition) is 1. The Morgan fingerprint density at radius 1 is 1.30 bits per heavy atom. The summed E-state index contributed by atoms with van der Waals surface area (Å²) in [6.45, 7) is 1.91. The third-order valence-corrected chi connectivity index (χ3v) is 3.06. The van der Waals surface area contributed by atoms with Crippen molar-refractivity contribution in [1.29, 1.82) is 0 Å². The number of benzene rings is 1. The first-order chi connectivity index (χ1) is 10.6. The molecule has 23 heavy (non-hydrogen) atoms. The normalized spacial score (nSPS) is 10.6. The molecule has 1 heterocycles. The Hall–Kier alpha value is -2.93. The molecule has 0 aliphatic carbocycles. The van der Waals surface area contributed by atoms with Crippen LogP contribution in [0.1, 0.15) is 18.1 Å². The highest BCUT2D eigenvalue weighted by Crippen LogP contribution is 2.14. The van der Waals surface area contributed by atoms with Gasteiger partial charge < -0.3 is 15.3 Å². The lowest BCUT2D eigenvalue weighted by Gasteiger charge is -2.15. The van der Waals surface area contributed by atoms with E-state index in [0.717, 1.165) is 21.9 Å². The number of hydrazone groups is 1. The lowest BCUT2D eigenvalue weighted by molar-refractivity contribution is 0.144. The fourth-order valence-corrected chi connectivity index (χ4v) is 1.87. The molecule has 1 aromatic carbocycles. The van der Waals surface area contributed by atoms with Crippen LogP contribution in [0.25, 0.3) is 0 Å². The summed E-state index contributed by atoms with van der Waals surface area (Å²) >= 11 is 0. The zero-order valence-electron chi connectivity index (χ0n) is 12.9. The fraction of sp³-hybridized carbons (Fsp3) is 0.188. The van der Waals surface area contributed by atoms with Crippen LogP contribution < -0.4 is 4.74 Å². The Morgan fingerprint density at radius 2 is 2.00 bits per heavy atom. The summed E-state index contributed by atoms with van der Waals surface area (Å²) in [5, 5.41) is 14.5. The van der Waals surface area contributed by atoms with Gasteiger partial charge in [-0.25, -0.2) is 4.79 Å². The minimum atomic E-state index is -1.11. The van der Waals surface area contributed by atoms with Gasteiger partial charge >= 0.3 is 6.09 Å². The average molecular weight is 317 g/mol. The zero-order chi connectivity index (χ0) is 15.9. The molecule has 1 aromatic heterocycles. The molecule has 0 fully saturated rings. The van der Waals surface area contributed by atoms with Gasteiger partial charge in [-0.2, -0.15) is 10.1 Å². The molecule has 0 radical (unpaired) electrons. The summed E-state index contributed by atoms with van der Waals surface area (Å²) in [7, 11) is 1.58. The van der Waals surface area contributed by atoms with E-state index in [2.05, 4.69) is 10.1 Å². The Labute approximate surface area is 134 Å². The largest absolute Gasteiger partial charge is 0.497 e. The van der Waals surface area contributed by atoms with E-state index in [0.29, 0.717) is 5.71 Å². The summed E-state index contributed by atoms with van der Waals surface area (Å²) < 4.78 is 5.08. The second kappa shape index (κ2) is 8.50. The van der Waals surface area contributed by atoms with Gasteiger partial charge in [-0.1, -0.05) is 18.2 Å². The first-order valence-electron chi connectivity index (χ1n) is 6.69. The number of ether oxygens (including phenoxy) is 1. The van der Waals surface area contributed by atoms with E-state index in [9.17, 15) is 9.90 Å². The van der Waals surface area contributed by atoms with Crippen LogP contribution in [0.3, 0.4) is 0 Å². The van der Waals surface area contributed by atoms with Crippen molar-refractivity contribution in [2.45, 2.75) is 13.5 Å². The zero-order valence-corrected chi connectivity index (χ0v) is 12.9. The molecule has 0 atom stereocenters. The molecule has 7 heteroatoms. The average Bonchev–Trinajstić information content (AvgIpc) is 2.55. The fourth-order valence-electron chi connectivity index (χ4n) is 1.87. The minimum Gasteiger partial charge on any atom is -0.497 e. The summed E-state index contributed by atoms with van der Waals surface area (Å²) in [5.41, 5.74) is 2.19.